The molecular formula is C56H36N2. The summed E-state index contributed by atoms with van der Waals surface area (Å²) in [4.78, 5) is 0. The molecule has 2 heterocycles. The molecule has 2 nitrogen and oxygen atoms in total. The van der Waals surface area contributed by atoms with Crippen molar-refractivity contribution in [3.05, 3.63) is 218 Å². The van der Waals surface area contributed by atoms with Gasteiger partial charge in [0.15, 0.2) is 0 Å². The number of fused-ring (bicyclic) bond motifs is 8. The molecule has 12 aromatic rings. The van der Waals surface area contributed by atoms with Crippen LogP contribution in [0.1, 0.15) is 0 Å². The van der Waals surface area contributed by atoms with Gasteiger partial charge >= 0.3 is 0 Å². The second-order valence-electron chi connectivity index (χ2n) is 15.3. The Kier molecular flexibility index (Phi) is 7.26. The Hall–Kier alpha value is -7.68. The van der Waals surface area contributed by atoms with Gasteiger partial charge in [0.05, 0.1) is 22.1 Å². The highest BCUT2D eigenvalue weighted by Crippen LogP contribution is 2.45. The zero-order valence-electron chi connectivity index (χ0n) is 31.7. The van der Waals surface area contributed by atoms with E-state index in [1.807, 2.05) is 0 Å². The minimum absolute atomic E-state index is 1.17. The van der Waals surface area contributed by atoms with Gasteiger partial charge in [0, 0.05) is 32.9 Å². The van der Waals surface area contributed by atoms with E-state index in [0.717, 1.165) is 0 Å². The molecule has 0 bridgehead atoms. The topological polar surface area (TPSA) is 9.86 Å². The summed E-state index contributed by atoms with van der Waals surface area (Å²) in [6.45, 7) is 0. The van der Waals surface area contributed by atoms with E-state index in [4.69, 9.17) is 0 Å². The number of nitrogens with zero attached hydrogens (tertiary/aromatic N) is 2. The van der Waals surface area contributed by atoms with Crippen molar-refractivity contribution in [1.82, 2.24) is 9.13 Å². The maximum atomic E-state index is 2.46. The molecule has 0 fully saturated rings. The Morgan fingerprint density at radius 3 is 1.10 bits per heavy atom. The predicted octanol–water partition coefficient (Wildman–Crippen LogP) is 15.2. The molecule has 0 saturated heterocycles. The standard InChI is InChI=1S/C56H36N2/c1-4-16-37(17-5-1)56-46-26-14-24-42(38-30-32-54-50(34-38)44-22-10-12-28-52(44)57(54)40-18-6-2-7-19-40)48(46)36-49-43(25-15-27-47(49)56)39-31-33-55-51(35-39)45-23-11-13-29-53(45)58(55)41-20-8-3-9-21-41/h1-36H. The van der Waals surface area contributed by atoms with Crippen molar-refractivity contribution in [2.24, 2.45) is 0 Å². The molecule has 58 heavy (non-hydrogen) atoms. The van der Waals surface area contributed by atoms with Crippen molar-refractivity contribution in [2.75, 3.05) is 0 Å². The quantitative estimate of drug-likeness (QED) is 0.156. The predicted molar refractivity (Wildman–Crippen MR) is 246 cm³/mol. The fourth-order valence-electron chi connectivity index (χ4n) is 9.58. The first-order chi connectivity index (χ1) is 28.8. The molecule has 0 N–H and O–H groups in total. The summed E-state index contributed by atoms with van der Waals surface area (Å²) in [6, 6.07) is 80.0. The fourth-order valence-corrected chi connectivity index (χ4v) is 9.58. The van der Waals surface area contributed by atoms with Gasteiger partial charge in [-0.05, 0) is 122 Å². The highest BCUT2D eigenvalue weighted by Gasteiger charge is 2.19. The molecule has 12 rings (SSSR count). The molecule has 0 aliphatic heterocycles. The number of hydrogen-bond donors (Lipinski definition) is 0. The van der Waals surface area contributed by atoms with Crippen molar-refractivity contribution in [3.8, 4) is 44.8 Å². The first-order valence-corrected chi connectivity index (χ1v) is 20.0. The van der Waals surface area contributed by atoms with Crippen LogP contribution in [0.4, 0.5) is 0 Å². The van der Waals surface area contributed by atoms with Gasteiger partial charge in [0.25, 0.3) is 0 Å². The van der Waals surface area contributed by atoms with Crippen LogP contribution < -0.4 is 0 Å². The van der Waals surface area contributed by atoms with E-state index in [9.17, 15) is 0 Å². The molecule has 0 aliphatic carbocycles. The van der Waals surface area contributed by atoms with Crippen LogP contribution in [0.3, 0.4) is 0 Å². The van der Waals surface area contributed by atoms with E-state index < -0.39 is 0 Å². The number of aromatic nitrogens is 2. The molecule has 0 atom stereocenters. The van der Waals surface area contributed by atoms with E-state index in [2.05, 4.69) is 228 Å². The summed E-state index contributed by atoms with van der Waals surface area (Å²) in [7, 11) is 0. The third-order valence-electron chi connectivity index (χ3n) is 12.1. The van der Waals surface area contributed by atoms with Crippen LogP contribution in [0, 0.1) is 0 Å². The van der Waals surface area contributed by atoms with Crippen LogP contribution in [0.15, 0.2) is 218 Å². The third-order valence-corrected chi connectivity index (χ3v) is 12.1. The summed E-state index contributed by atoms with van der Waals surface area (Å²) in [6.07, 6.45) is 0. The minimum atomic E-state index is 1.17. The van der Waals surface area contributed by atoms with Crippen LogP contribution in [0.5, 0.6) is 0 Å². The molecular weight excluding hydrogens is 701 g/mol. The smallest absolute Gasteiger partial charge is 0.0541 e. The Labute approximate surface area is 336 Å². The molecule has 0 unspecified atom stereocenters. The van der Waals surface area contributed by atoms with Crippen molar-refractivity contribution >= 4 is 65.2 Å². The molecule has 10 aromatic carbocycles. The summed E-state index contributed by atoms with van der Waals surface area (Å²) in [5, 5.41) is 10.0. The monoisotopic (exact) mass is 736 g/mol. The average molecular weight is 737 g/mol. The lowest BCUT2D eigenvalue weighted by Crippen LogP contribution is -1.93. The zero-order chi connectivity index (χ0) is 38.2. The second kappa shape index (κ2) is 12.9. The van der Waals surface area contributed by atoms with Crippen molar-refractivity contribution < 1.29 is 0 Å². The van der Waals surface area contributed by atoms with Crippen LogP contribution in [0.2, 0.25) is 0 Å². The van der Waals surface area contributed by atoms with E-state index in [0.29, 0.717) is 0 Å². The summed E-state index contributed by atoms with van der Waals surface area (Å²) in [5.41, 5.74) is 14.5. The maximum Gasteiger partial charge on any atom is 0.0541 e. The first kappa shape index (κ1) is 32.6. The van der Waals surface area contributed by atoms with E-state index >= 15 is 0 Å². The molecule has 0 amide bonds. The van der Waals surface area contributed by atoms with Gasteiger partial charge in [-0.3, -0.25) is 0 Å². The Balaban J connectivity index is 1.12. The number of hydrogen-bond acceptors (Lipinski definition) is 0. The van der Waals surface area contributed by atoms with Gasteiger partial charge in [-0.2, -0.15) is 0 Å². The van der Waals surface area contributed by atoms with E-state index in [1.165, 1.54) is 110 Å². The van der Waals surface area contributed by atoms with Crippen LogP contribution in [-0.2, 0) is 0 Å². The highest BCUT2D eigenvalue weighted by atomic mass is 15.0. The molecule has 2 aromatic heterocycles. The van der Waals surface area contributed by atoms with Crippen LogP contribution >= 0.6 is 0 Å². The van der Waals surface area contributed by atoms with Crippen molar-refractivity contribution in [2.45, 2.75) is 0 Å². The molecule has 270 valence electrons. The largest absolute Gasteiger partial charge is 0.309 e. The second-order valence-corrected chi connectivity index (χ2v) is 15.3. The van der Waals surface area contributed by atoms with Crippen molar-refractivity contribution in [1.29, 1.82) is 0 Å². The number of benzene rings is 10. The summed E-state index contributed by atoms with van der Waals surface area (Å²) in [5.74, 6) is 0. The number of para-hydroxylation sites is 4. The van der Waals surface area contributed by atoms with Gasteiger partial charge in [0.1, 0.15) is 0 Å². The van der Waals surface area contributed by atoms with Crippen LogP contribution in [-0.4, -0.2) is 9.13 Å². The SMILES string of the molecule is c1ccc(-c2c3cccc(-c4ccc5c(c4)c4ccccc4n5-c4ccccc4)c3cc3c(-c4ccc5c(c4)c4ccccc4n5-c4ccccc4)cccc23)cc1. The normalized spacial score (nSPS) is 11.8. The number of rotatable bonds is 5. The van der Waals surface area contributed by atoms with Gasteiger partial charge in [-0.1, -0.05) is 152 Å². The van der Waals surface area contributed by atoms with Gasteiger partial charge in [-0.25, -0.2) is 0 Å². The van der Waals surface area contributed by atoms with Crippen LogP contribution in [0.25, 0.3) is 110 Å². The lowest BCUT2D eigenvalue weighted by atomic mass is 9.86. The summed E-state index contributed by atoms with van der Waals surface area (Å²) < 4.78 is 4.78. The zero-order valence-corrected chi connectivity index (χ0v) is 31.7. The lowest BCUT2D eigenvalue weighted by molar-refractivity contribution is 1.18. The summed E-state index contributed by atoms with van der Waals surface area (Å²) >= 11 is 0. The Morgan fingerprint density at radius 1 is 0.224 bits per heavy atom. The van der Waals surface area contributed by atoms with Crippen molar-refractivity contribution in [3.63, 3.8) is 0 Å². The van der Waals surface area contributed by atoms with Gasteiger partial charge in [0.2, 0.25) is 0 Å². The highest BCUT2D eigenvalue weighted by molar-refractivity contribution is 6.20. The van der Waals surface area contributed by atoms with E-state index in [-0.39, 0.29) is 0 Å². The Bertz CT molecular complexity index is 3320. The molecule has 2 heteroatoms. The fraction of sp³-hybridized carbons (Fsp3) is 0. The Morgan fingerprint density at radius 2 is 0.621 bits per heavy atom. The average Bonchev–Trinajstić information content (AvgIpc) is 3.81. The third kappa shape index (κ3) is 4.92. The molecule has 0 saturated carbocycles. The maximum absolute atomic E-state index is 2.46. The van der Waals surface area contributed by atoms with Gasteiger partial charge in [-0.15, -0.1) is 0 Å². The van der Waals surface area contributed by atoms with Gasteiger partial charge < -0.3 is 9.13 Å². The van der Waals surface area contributed by atoms with E-state index in [1.54, 1.807) is 0 Å². The minimum Gasteiger partial charge on any atom is -0.309 e. The molecule has 0 spiro atoms. The lowest BCUT2D eigenvalue weighted by Gasteiger charge is -2.17. The molecule has 0 aliphatic rings. The molecule has 0 radical (unpaired) electrons. The first-order valence-electron chi connectivity index (χ1n) is 20.0.